The molecule has 0 saturated carbocycles. The summed E-state index contributed by atoms with van der Waals surface area (Å²) in [5, 5.41) is 13.0. The standard InChI is InChI=1S/C16H13ClN2/c1-12-3-2-4-16(9-12)19-11-14(10-18)13-5-7-15(17)8-6-13/h2-9,11,19H,1H3/b14-11+. The van der Waals surface area contributed by atoms with Crippen LogP contribution in [0.25, 0.3) is 5.57 Å². The predicted molar refractivity (Wildman–Crippen MR) is 79.8 cm³/mol. The van der Waals surface area contributed by atoms with Gasteiger partial charge in [-0.25, -0.2) is 0 Å². The molecule has 0 aliphatic rings. The van der Waals surface area contributed by atoms with Gasteiger partial charge in [0.25, 0.3) is 0 Å². The Balaban J connectivity index is 2.21. The molecule has 1 N–H and O–H groups in total. The average molecular weight is 269 g/mol. The predicted octanol–water partition coefficient (Wildman–Crippen LogP) is 4.63. The fourth-order valence-corrected chi connectivity index (χ4v) is 1.83. The number of nitrogens with one attached hydrogen (secondary N) is 1. The normalized spacial score (nSPS) is 10.9. The molecule has 19 heavy (non-hydrogen) atoms. The third kappa shape index (κ3) is 3.61. The van der Waals surface area contributed by atoms with Crippen LogP contribution in [-0.2, 0) is 0 Å². The second kappa shape index (κ2) is 6.08. The molecule has 94 valence electrons. The Morgan fingerprint density at radius 2 is 1.95 bits per heavy atom. The molecule has 0 atom stereocenters. The van der Waals surface area contributed by atoms with Gasteiger partial charge in [0.05, 0.1) is 5.57 Å². The van der Waals surface area contributed by atoms with Crippen LogP contribution in [0.15, 0.2) is 54.7 Å². The zero-order valence-electron chi connectivity index (χ0n) is 10.5. The van der Waals surface area contributed by atoms with E-state index in [1.165, 1.54) is 5.56 Å². The van der Waals surface area contributed by atoms with Crippen molar-refractivity contribution < 1.29 is 0 Å². The Hall–Kier alpha value is -2.24. The maximum atomic E-state index is 9.19. The molecule has 0 saturated heterocycles. The number of benzene rings is 2. The number of rotatable bonds is 3. The van der Waals surface area contributed by atoms with Crippen molar-refractivity contribution >= 4 is 22.9 Å². The third-order valence-corrected chi connectivity index (χ3v) is 2.93. The lowest BCUT2D eigenvalue weighted by Gasteiger charge is -2.04. The zero-order chi connectivity index (χ0) is 13.7. The summed E-state index contributed by atoms with van der Waals surface area (Å²) >= 11 is 5.83. The highest BCUT2D eigenvalue weighted by Gasteiger charge is 2.00. The van der Waals surface area contributed by atoms with Crippen molar-refractivity contribution in [2.75, 3.05) is 5.32 Å². The quantitative estimate of drug-likeness (QED) is 0.824. The van der Waals surface area contributed by atoms with Crippen molar-refractivity contribution in [1.82, 2.24) is 0 Å². The number of halogens is 1. The first-order chi connectivity index (χ1) is 9.19. The second-order valence-electron chi connectivity index (χ2n) is 4.19. The van der Waals surface area contributed by atoms with Gasteiger partial charge in [0.1, 0.15) is 6.07 Å². The van der Waals surface area contributed by atoms with E-state index in [1.807, 2.05) is 43.3 Å². The van der Waals surface area contributed by atoms with Crippen molar-refractivity contribution in [2.24, 2.45) is 0 Å². The largest absolute Gasteiger partial charge is 0.360 e. The molecule has 0 bridgehead atoms. The van der Waals surface area contributed by atoms with Gasteiger partial charge in [-0.3, -0.25) is 0 Å². The van der Waals surface area contributed by atoms with Crippen LogP contribution >= 0.6 is 11.6 Å². The first-order valence-electron chi connectivity index (χ1n) is 5.88. The van der Waals surface area contributed by atoms with Crippen LogP contribution in [-0.4, -0.2) is 0 Å². The molecule has 0 fully saturated rings. The summed E-state index contributed by atoms with van der Waals surface area (Å²) in [5.41, 5.74) is 3.54. The fourth-order valence-electron chi connectivity index (χ4n) is 1.70. The lowest BCUT2D eigenvalue weighted by molar-refractivity contribution is 1.45. The van der Waals surface area contributed by atoms with Crippen molar-refractivity contribution in [3.05, 3.63) is 70.9 Å². The van der Waals surface area contributed by atoms with Crippen LogP contribution in [0.3, 0.4) is 0 Å². The molecule has 0 aromatic heterocycles. The third-order valence-electron chi connectivity index (χ3n) is 2.68. The van der Waals surface area contributed by atoms with Gasteiger partial charge in [-0.05, 0) is 42.3 Å². The number of anilines is 1. The first kappa shape index (κ1) is 13.2. The van der Waals surface area contributed by atoms with Gasteiger partial charge >= 0.3 is 0 Å². The number of nitrogens with zero attached hydrogens (tertiary/aromatic N) is 1. The van der Waals surface area contributed by atoms with Gasteiger partial charge < -0.3 is 5.32 Å². The van der Waals surface area contributed by atoms with Crippen LogP contribution in [0.4, 0.5) is 5.69 Å². The summed E-state index contributed by atoms with van der Waals surface area (Å²) in [7, 11) is 0. The van der Waals surface area contributed by atoms with Crippen molar-refractivity contribution in [2.45, 2.75) is 6.92 Å². The number of aryl methyl sites for hydroxylation is 1. The molecule has 0 aliphatic carbocycles. The van der Waals surface area contributed by atoms with Gasteiger partial charge in [-0.2, -0.15) is 5.26 Å². The molecule has 0 unspecified atom stereocenters. The van der Waals surface area contributed by atoms with Gasteiger partial charge in [-0.15, -0.1) is 0 Å². The van der Waals surface area contributed by atoms with Gasteiger partial charge in [0, 0.05) is 16.9 Å². The summed E-state index contributed by atoms with van der Waals surface area (Å²) < 4.78 is 0. The summed E-state index contributed by atoms with van der Waals surface area (Å²) in [4.78, 5) is 0. The molecule has 0 heterocycles. The minimum absolute atomic E-state index is 0.568. The topological polar surface area (TPSA) is 35.8 Å². The number of allylic oxidation sites excluding steroid dienone is 1. The molecule has 2 nitrogen and oxygen atoms in total. The highest BCUT2D eigenvalue weighted by Crippen LogP contribution is 2.18. The van der Waals surface area contributed by atoms with E-state index >= 15 is 0 Å². The van der Waals surface area contributed by atoms with Gasteiger partial charge in [0.15, 0.2) is 0 Å². The average Bonchev–Trinajstić information content (AvgIpc) is 2.41. The minimum Gasteiger partial charge on any atom is -0.360 e. The maximum Gasteiger partial charge on any atom is 0.101 e. The Labute approximate surface area is 118 Å². The van der Waals surface area contributed by atoms with E-state index in [9.17, 15) is 5.26 Å². The molecular weight excluding hydrogens is 256 g/mol. The Morgan fingerprint density at radius 1 is 1.21 bits per heavy atom. The van der Waals surface area contributed by atoms with Crippen LogP contribution in [0.5, 0.6) is 0 Å². The van der Waals surface area contributed by atoms with E-state index < -0.39 is 0 Å². The molecule has 2 aromatic carbocycles. The lowest BCUT2D eigenvalue weighted by atomic mass is 10.1. The minimum atomic E-state index is 0.568. The van der Waals surface area contributed by atoms with Crippen molar-refractivity contribution in [1.29, 1.82) is 5.26 Å². The SMILES string of the molecule is Cc1cccc(N/C=C(\C#N)c2ccc(Cl)cc2)c1. The van der Waals surface area contributed by atoms with Crippen LogP contribution in [0, 0.1) is 18.3 Å². The zero-order valence-corrected chi connectivity index (χ0v) is 11.3. The lowest BCUT2D eigenvalue weighted by Crippen LogP contribution is -1.91. The fraction of sp³-hybridized carbons (Fsp3) is 0.0625. The second-order valence-corrected chi connectivity index (χ2v) is 4.63. The molecule has 0 aliphatic heterocycles. The van der Waals surface area contributed by atoms with Gasteiger partial charge in [-0.1, -0.05) is 35.9 Å². The molecule has 0 radical (unpaired) electrons. The molecule has 2 aromatic rings. The summed E-state index contributed by atoms with van der Waals surface area (Å²) in [6.07, 6.45) is 1.71. The van der Waals surface area contributed by atoms with E-state index in [-0.39, 0.29) is 0 Å². The van der Waals surface area contributed by atoms with E-state index in [1.54, 1.807) is 18.3 Å². The number of hydrogen-bond donors (Lipinski definition) is 1. The summed E-state index contributed by atoms with van der Waals surface area (Å²) in [5.74, 6) is 0. The van der Waals surface area contributed by atoms with Crippen LogP contribution in [0.1, 0.15) is 11.1 Å². The highest BCUT2D eigenvalue weighted by molar-refractivity contribution is 6.30. The summed E-state index contributed by atoms with van der Waals surface area (Å²) in [6, 6.07) is 17.4. The van der Waals surface area contributed by atoms with Gasteiger partial charge in [0.2, 0.25) is 0 Å². The molecule has 2 rings (SSSR count). The van der Waals surface area contributed by atoms with E-state index in [0.29, 0.717) is 10.6 Å². The monoisotopic (exact) mass is 268 g/mol. The van der Waals surface area contributed by atoms with Crippen molar-refractivity contribution in [3.63, 3.8) is 0 Å². The highest BCUT2D eigenvalue weighted by atomic mass is 35.5. The number of hydrogen-bond acceptors (Lipinski definition) is 2. The molecule has 0 amide bonds. The molecule has 0 spiro atoms. The van der Waals surface area contributed by atoms with Crippen LogP contribution < -0.4 is 5.32 Å². The van der Waals surface area contributed by atoms with E-state index in [4.69, 9.17) is 11.6 Å². The summed E-state index contributed by atoms with van der Waals surface area (Å²) in [6.45, 7) is 2.03. The van der Waals surface area contributed by atoms with Crippen LogP contribution in [0.2, 0.25) is 5.02 Å². The number of nitriles is 1. The Morgan fingerprint density at radius 3 is 2.58 bits per heavy atom. The molecular formula is C16H13ClN2. The maximum absolute atomic E-state index is 9.19. The molecule has 3 heteroatoms. The van der Waals surface area contributed by atoms with E-state index in [2.05, 4.69) is 11.4 Å². The Bertz CT molecular complexity index is 637. The smallest absolute Gasteiger partial charge is 0.101 e. The first-order valence-corrected chi connectivity index (χ1v) is 6.26. The van der Waals surface area contributed by atoms with Crippen molar-refractivity contribution in [3.8, 4) is 6.07 Å². The Kier molecular flexibility index (Phi) is 4.22. The van der Waals surface area contributed by atoms with E-state index in [0.717, 1.165) is 11.3 Å².